The van der Waals surface area contributed by atoms with E-state index in [-0.39, 0.29) is 20.1 Å². The first-order valence-corrected chi connectivity index (χ1v) is 11.8. The van der Waals surface area contributed by atoms with Crippen molar-refractivity contribution in [2.24, 2.45) is 4.99 Å². The fourth-order valence-electron chi connectivity index (χ4n) is 3.44. The number of hydrogen-bond acceptors (Lipinski definition) is 6. The summed E-state index contributed by atoms with van der Waals surface area (Å²) in [5, 5.41) is 0. The number of fused-ring (bicyclic) bond motifs is 1. The molecular formula is C23H30IrNO6S-. The van der Waals surface area contributed by atoms with Crippen molar-refractivity contribution in [3.8, 4) is 11.5 Å². The first-order chi connectivity index (χ1) is 14.6. The molecule has 0 amide bonds. The Labute approximate surface area is 204 Å². The maximum Gasteiger partial charge on any atom is 0.261 e. The van der Waals surface area contributed by atoms with Crippen molar-refractivity contribution in [2.75, 3.05) is 33.7 Å². The topological polar surface area (TPSA) is 94.4 Å². The van der Waals surface area contributed by atoms with Gasteiger partial charge in [-0.15, -0.1) is 23.3 Å². The van der Waals surface area contributed by atoms with Crippen LogP contribution in [0.5, 0.6) is 11.5 Å². The van der Waals surface area contributed by atoms with Crippen molar-refractivity contribution in [2.45, 2.75) is 33.1 Å². The van der Waals surface area contributed by atoms with Crippen LogP contribution in [-0.2, 0) is 41.4 Å². The van der Waals surface area contributed by atoms with E-state index in [1.54, 1.807) is 14.2 Å². The molecule has 0 unspecified atom stereocenters. The summed E-state index contributed by atoms with van der Waals surface area (Å²) in [5.41, 5.74) is 6.61. The zero-order chi connectivity index (χ0) is 23.0. The summed E-state index contributed by atoms with van der Waals surface area (Å²) < 4.78 is 42.1. The van der Waals surface area contributed by atoms with E-state index >= 15 is 0 Å². The second kappa shape index (κ2) is 13.1. The van der Waals surface area contributed by atoms with Crippen molar-refractivity contribution in [1.82, 2.24) is 0 Å². The maximum absolute atomic E-state index is 9.19. The van der Waals surface area contributed by atoms with Crippen LogP contribution in [0.4, 0.5) is 5.69 Å². The first-order valence-electron chi connectivity index (χ1n) is 9.95. The maximum atomic E-state index is 9.19. The third-order valence-corrected chi connectivity index (χ3v) is 4.61. The summed E-state index contributed by atoms with van der Waals surface area (Å²) >= 11 is 0. The molecule has 0 spiro atoms. The number of aliphatic imine (C=N–C) groups is 1. The summed E-state index contributed by atoms with van der Waals surface area (Å²) in [5.74, 6) is 1.68. The Hall–Kier alpha value is -1.77. The Balaban J connectivity index is 0.000000770. The Kier molecular flexibility index (Phi) is 11.5. The second-order valence-corrected chi connectivity index (χ2v) is 8.79. The van der Waals surface area contributed by atoms with Gasteiger partial charge in [0.1, 0.15) is 12.4 Å². The molecule has 0 fully saturated rings. The second-order valence-electron chi connectivity index (χ2n) is 7.32. The van der Waals surface area contributed by atoms with Gasteiger partial charge in [0, 0.05) is 33.0 Å². The van der Waals surface area contributed by atoms with E-state index in [9.17, 15) is 8.42 Å². The van der Waals surface area contributed by atoms with Crippen molar-refractivity contribution in [1.29, 1.82) is 0 Å². The van der Waals surface area contributed by atoms with Crippen LogP contribution in [0.15, 0.2) is 29.3 Å². The number of benzene rings is 2. The largest absolute Gasteiger partial charge is 0.511 e. The minimum Gasteiger partial charge on any atom is -0.511 e. The molecule has 1 aliphatic rings. The van der Waals surface area contributed by atoms with Crippen LogP contribution in [0.25, 0.3) is 0 Å². The molecule has 32 heavy (non-hydrogen) atoms. The Bertz CT molecular complexity index is 1010. The fraction of sp³-hybridized carbons (Fsp3) is 0.435. The number of hydrogen-bond donors (Lipinski definition) is 1. The number of nitrogens with zero attached hydrogens (tertiary/aromatic N) is 1. The quantitative estimate of drug-likeness (QED) is 0.291. The molecule has 2 aromatic carbocycles. The van der Waals surface area contributed by atoms with Crippen LogP contribution in [0.1, 0.15) is 35.1 Å². The van der Waals surface area contributed by atoms with Crippen molar-refractivity contribution in [3.63, 3.8) is 0 Å². The number of methoxy groups -OCH3 is 2. The van der Waals surface area contributed by atoms with Crippen LogP contribution in [0.3, 0.4) is 0 Å². The molecule has 1 N–H and O–H groups in total. The molecule has 0 aliphatic heterocycles. The van der Waals surface area contributed by atoms with Crippen LogP contribution >= 0.6 is 0 Å². The Morgan fingerprint density at radius 3 is 2.28 bits per heavy atom. The van der Waals surface area contributed by atoms with Gasteiger partial charge in [-0.05, 0) is 49.2 Å². The van der Waals surface area contributed by atoms with E-state index in [1.165, 1.54) is 5.56 Å². The van der Waals surface area contributed by atoms with Crippen LogP contribution < -0.4 is 9.47 Å². The summed E-state index contributed by atoms with van der Waals surface area (Å²) in [6.45, 7) is 5.20. The number of aryl methyl sites for hydroxylation is 3. The van der Waals surface area contributed by atoms with Gasteiger partial charge >= 0.3 is 0 Å². The number of rotatable bonds is 6. The fourth-order valence-corrected chi connectivity index (χ4v) is 3.44. The summed E-state index contributed by atoms with van der Waals surface area (Å²) in [6, 6.07) is 11.7. The molecule has 7 nitrogen and oxygen atoms in total. The van der Waals surface area contributed by atoms with Crippen LogP contribution in [-0.4, -0.2) is 52.4 Å². The SMILES string of the molecule is COCCOc1[c-]c2c(cc1)CCCC2=Nc1cc(C)c(OC)c(C)c1.CS(=O)(=O)O.[Ir]. The number of ether oxygens (including phenoxy) is 3. The minimum absolute atomic E-state index is 0. The molecule has 0 bridgehead atoms. The normalized spacial score (nSPS) is 14.0. The first kappa shape index (κ1) is 28.3. The Morgan fingerprint density at radius 1 is 1.09 bits per heavy atom. The molecule has 3 rings (SSSR count). The van der Waals surface area contributed by atoms with Crippen LogP contribution in [0.2, 0.25) is 0 Å². The van der Waals surface area contributed by atoms with Gasteiger partial charge in [-0.25, -0.2) is 0 Å². The zero-order valence-corrected chi connectivity index (χ0v) is 22.2. The Morgan fingerprint density at radius 2 is 1.72 bits per heavy atom. The van der Waals surface area contributed by atoms with Gasteiger partial charge in [-0.1, -0.05) is 18.9 Å². The van der Waals surface area contributed by atoms with Gasteiger partial charge in [0.25, 0.3) is 10.1 Å². The van der Waals surface area contributed by atoms with Crippen LogP contribution in [0, 0.1) is 19.9 Å². The van der Waals surface area contributed by atoms with E-state index in [2.05, 4.69) is 38.1 Å². The predicted molar refractivity (Wildman–Crippen MR) is 122 cm³/mol. The molecule has 179 valence electrons. The third kappa shape index (κ3) is 9.00. The average molecular weight is 641 g/mol. The van der Waals surface area contributed by atoms with Gasteiger partial charge in [-0.2, -0.15) is 8.42 Å². The molecule has 0 saturated carbocycles. The summed E-state index contributed by atoms with van der Waals surface area (Å²) in [6.07, 6.45) is 3.84. The summed E-state index contributed by atoms with van der Waals surface area (Å²) in [7, 11) is -0.290. The third-order valence-electron chi connectivity index (χ3n) is 4.61. The van der Waals surface area contributed by atoms with Crippen molar-refractivity contribution < 1.29 is 47.3 Å². The standard InChI is InChI=1S/C22H26NO3.CH4O3S.Ir/c1-15-12-18(13-16(2)22(15)25-4)23-21-7-5-6-17-8-9-19(14-20(17)21)26-11-10-24-3;1-5(2,3)4;/h8-9,12-13H,5-7,10-11H2,1-4H3;1H3,(H,2,3,4);/q-1;;. The monoisotopic (exact) mass is 641 g/mol. The average Bonchev–Trinajstić information content (AvgIpc) is 2.67. The van der Waals surface area contributed by atoms with E-state index in [1.807, 2.05) is 6.07 Å². The zero-order valence-electron chi connectivity index (χ0n) is 19.0. The summed E-state index contributed by atoms with van der Waals surface area (Å²) in [4.78, 5) is 4.94. The van der Waals surface area contributed by atoms with E-state index in [0.717, 1.165) is 58.9 Å². The van der Waals surface area contributed by atoms with Gasteiger partial charge in [0.05, 0.1) is 25.7 Å². The molecule has 0 saturated heterocycles. The van der Waals surface area contributed by atoms with Gasteiger partial charge in [0.2, 0.25) is 0 Å². The molecule has 0 aromatic heterocycles. The van der Waals surface area contributed by atoms with Crippen molar-refractivity contribution >= 4 is 21.5 Å². The molecule has 9 heteroatoms. The molecule has 2 aromatic rings. The van der Waals surface area contributed by atoms with Gasteiger partial charge in [-0.3, -0.25) is 4.55 Å². The van der Waals surface area contributed by atoms with E-state index in [0.29, 0.717) is 19.5 Å². The predicted octanol–water partition coefficient (Wildman–Crippen LogP) is 4.10. The molecule has 1 radical (unpaired) electrons. The minimum atomic E-state index is -3.67. The van der Waals surface area contributed by atoms with Crippen molar-refractivity contribution in [3.05, 3.63) is 52.6 Å². The van der Waals surface area contributed by atoms with Gasteiger partial charge in [0.15, 0.2) is 0 Å². The van der Waals surface area contributed by atoms with Gasteiger partial charge < -0.3 is 19.2 Å². The molecular weight excluding hydrogens is 611 g/mol. The molecule has 0 atom stereocenters. The smallest absolute Gasteiger partial charge is 0.261 e. The molecule has 1 aliphatic carbocycles. The van der Waals surface area contributed by atoms with E-state index < -0.39 is 10.1 Å². The van der Waals surface area contributed by atoms with E-state index in [4.69, 9.17) is 23.8 Å². The molecule has 0 heterocycles.